The minimum atomic E-state index is -1.14. The summed E-state index contributed by atoms with van der Waals surface area (Å²) in [5, 5.41) is 8.65. The molecule has 1 fully saturated rings. The number of benzene rings is 1. The van der Waals surface area contributed by atoms with Gasteiger partial charge in [-0.3, -0.25) is 14.4 Å². The van der Waals surface area contributed by atoms with Crippen molar-refractivity contribution in [1.29, 1.82) is 0 Å². The van der Waals surface area contributed by atoms with Gasteiger partial charge in [0.25, 0.3) is 0 Å². The molecule has 12 heteroatoms. The molecule has 11 nitrogen and oxygen atoms in total. The van der Waals surface area contributed by atoms with E-state index in [9.17, 15) is 14.4 Å². The van der Waals surface area contributed by atoms with Crippen molar-refractivity contribution in [1.82, 2.24) is 15.0 Å². The lowest BCUT2D eigenvalue weighted by Gasteiger charge is -2.40. The first-order valence-corrected chi connectivity index (χ1v) is 10.0. The minimum Gasteiger partial charge on any atom is -0.487 e. The van der Waals surface area contributed by atoms with Crippen molar-refractivity contribution in [3.8, 4) is 5.75 Å². The van der Waals surface area contributed by atoms with Crippen molar-refractivity contribution in [3.63, 3.8) is 0 Å². The van der Waals surface area contributed by atoms with Crippen molar-refractivity contribution in [2.75, 3.05) is 6.61 Å². The molecule has 3 rings (SSSR count). The number of carbonyl (C=O) groups excluding carboxylic acids is 3. The molecule has 1 aromatic heterocycles. The van der Waals surface area contributed by atoms with E-state index < -0.39 is 42.4 Å². The van der Waals surface area contributed by atoms with E-state index in [1.807, 2.05) is 0 Å². The second-order valence-corrected chi connectivity index (χ2v) is 7.39. The Morgan fingerprint density at radius 2 is 1.66 bits per heavy atom. The molecule has 172 valence electrons. The maximum absolute atomic E-state index is 11.7. The molecular formula is C20H22ClN3O8. The van der Waals surface area contributed by atoms with Crippen molar-refractivity contribution in [2.45, 2.75) is 51.9 Å². The molecule has 0 aliphatic carbocycles. The van der Waals surface area contributed by atoms with Gasteiger partial charge in [0.1, 0.15) is 18.1 Å². The molecule has 1 aliphatic heterocycles. The molecule has 2 heterocycles. The van der Waals surface area contributed by atoms with E-state index >= 15 is 0 Å². The second kappa shape index (κ2) is 10.4. The Kier molecular flexibility index (Phi) is 7.65. The number of aromatic nitrogens is 3. The Balaban J connectivity index is 1.78. The van der Waals surface area contributed by atoms with Gasteiger partial charge in [-0.15, -0.1) is 5.10 Å². The van der Waals surface area contributed by atoms with Crippen LogP contribution in [-0.4, -0.2) is 57.8 Å². The number of hydrogen-bond acceptors (Lipinski definition) is 10. The molecule has 1 aromatic carbocycles. The normalized spacial score (nSPS) is 22.6. The fraction of sp³-hybridized carbons (Fsp3) is 0.450. The number of rotatable bonds is 7. The lowest BCUT2D eigenvalue weighted by Crippen LogP contribution is -2.55. The van der Waals surface area contributed by atoms with Crippen LogP contribution in [0.3, 0.4) is 0 Å². The van der Waals surface area contributed by atoms with Crippen LogP contribution in [0.25, 0.3) is 0 Å². The minimum absolute atomic E-state index is 0.107. The predicted molar refractivity (Wildman–Crippen MR) is 107 cm³/mol. The Morgan fingerprint density at radius 1 is 1.03 bits per heavy atom. The summed E-state index contributed by atoms with van der Waals surface area (Å²) in [5.41, 5.74) is 0.469. The molecule has 2 aromatic rings. The number of nitrogens with zero attached hydrogens (tertiary/aromatic N) is 3. The number of ether oxygens (including phenoxy) is 5. The SMILES string of the molecule is CC(=O)OC1COC(n2cc(COc3ccc(Cl)cc3)nn2)C(OC(C)=O)C1OC(C)=O. The van der Waals surface area contributed by atoms with Gasteiger partial charge in [-0.05, 0) is 24.3 Å². The summed E-state index contributed by atoms with van der Waals surface area (Å²) < 4.78 is 28.6. The fourth-order valence-electron chi connectivity index (χ4n) is 3.14. The number of halogens is 1. The first-order chi connectivity index (χ1) is 15.2. The summed E-state index contributed by atoms with van der Waals surface area (Å²) in [5.74, 6) is -1.29. The number of hydrogen-bond donors (Lipinski definition) is 0. The highest BCUT2D eigenvalue weighted by molar-refractivity contribution is 6.30. The van der Waals surface area contributed by atoms with Crippen LogP contribution in [-0.2, 0) is 39.9 Å². The Bertz CT molecular complexity index is 964. The Morgan fingerprint density at radius 3 is 2.28 bits per heavy atom. The number of carbonyl (C=O) groups is 3. The van der Waals surface area contributed by atoms with Crippen LogP contribution in [0.5, 0.6) is 5.75 Å². The summed E-state index contributed by atoms with van der Waals surface area (Å²) in [6.07, 6.45) is -2.63. The average Bonchev–Trinajstić information content (AvgIpc) is 3.18. The van der Waals surface area contributed by atoms with Gasteiger partial charge >= 0.3 is 17.9 Å². The van der Waals surface area contributed by atoms with Gasteiger partial charge in [0.05, 0.1) is 12.8 Å². The van der Waals surface area contributed by atoms with Crippen LogP contribution in [0.4, 0.5) is 0 Å². The molecule has 0 amide bonds. The molecule has 1 aliphatic rings. The maximum atomic E-state index is 11.7. The molecule has 32 heavy (non-hydrogen) atoms. The molecule has 0 spiro atoms. The molecule has 0 radical (unpaired) electrons. The smallest absolute Gasteiger partial charge is 0.303 e. The predicted octanol–water partition coefficient (Wildman–Crippen LogP) is 1.83. The van der Waals surface area contributed by atoms with E-state index in [4.69, 9.17) is 35.3 Å². The van der Waals surface area contributed by atoms with Crippen LogP contribution in [0.1, 0.15) is 32.7 Å². The fourth-order valence-corrected chi connectivity index (χ4v) is 3.27. The molecule has 4 unspecified atom stereocenters. The first kappa shape index (κ1) is 23.5. The molecule has 0 N–H and O–H groups in total. The highest BCUT2D eigenvalue weighted by Gasteiger charge is 2.48. The van der Waals surface area contributed by atoms with E-state index in [0.717, 1.165) is 0 Å². The van der Waals surface area contributed by atoms with Gasteiger partial charge in [0, 0.05) is 25.8 Å². The molecule has 4 atom stereocenters. The van der Waals surface area contributed by atoms with E-state index in [2.05, 4.69) is 10.3 Å². The Labute approximate surface area is 188 Å². The van der Waals surface area contributed by atoms with Crippen LogP contribution >= 0.6 is 11.6 Å². The quantitative estimate of drug-likeness (QED) is 0.439. The third-order valence-corrected chi connectivity index (χ3v) is 4.59. The van der Waals surface area contributed by atoms with Crippen molar-refractivity contribution in [2.24, 2.45) is 0 Å². The van der Waals surface area contributed by atoms with Gasteiger partial charge in [-0.25, -0.2) is 4.68 Å². The van der Waals surface area contributed by atoms with Crippen molar-refractivity contribution >= 4 is 29.5 Å². The molecule has 0 bridgehead atoms. The van der Waals surface area contributed by atoms with Gasteiger partial charge in [0.2, 0.25) is 0 Å². The zero-order valence-electron chi connectivity index (χ0n) is 17.6. The Hall–Kier alpha value is -3.18. The van der Waals surface area contributed by atoms with Crippen LogP contribution in [0.15, 0.2) is 30.5 Å². The van der Waals surface area contributed by atoms with Crippen LogP contribution in [0, 0.1) is 0 Å². The molecular weight excluding hydrogens is 446 g/mol. The standard InChI is InChI=1S/C20H22ClN3O8/c1-11(25)30-17-10-29-20(19(32-13(3)27)18(17)31-12(2)26)24-8-15(22-23-24)9-28-16-6-4-14(21)5-7-16/h4-8,17-20H,9-10H2,1-3H3. The van der Waals surface area contributed by atoms with Crippen molar-refractivity contribution < 1.29 is 38.1 Å². The van der Waals surface area contributed by atoms with E-state index in [1.54, 1.807) is 30.5 Å². The van der Waals surface area contributed by atoms with Gasteiger partial charge in [-0.2, -0.15) is 0 Å². The van der Waals surface area contributed by atoms with Gasteiger partial charge < -0.3 is 23.7 Å². The summed E-state index contributed by atoms with van der Waals surface area (Å²) in [6, 6.07) is 6.82. The second-order valence-electron chi connectivity index (χ2n) is 6.95. The van der Waals surface area contributed by atoms with Gasteiger partial charge in [-0.1, -0.05) is 16.8 Å². The van der Waals surface area contributed by atoms with E-state index in [0.29, 0.717) is 16.5 Å². The zero-order valence-corrected chi connectivity index (χ0v) is 18.4. The highest BCUT2D eigenvalue weighted by atomic mass is 35.5. The largest absolute Gasteiger partial charge is 0.487 e. The van der Waals surface area contributed by atoms with Crippen molar-refractivity contribution in [3.05, 3.63) is 41.2 Å². The summed E-state index contributed by atoms with van der Waals surface area (Å²) in [6.45, 7) is 3.60. The molecule has 0 saturated carbocycles. The summed E-state index contributed by atoms with van der Waals surface area (Å²) in [7, 11) is 0. The third kappa shape index (κ3) is 6.17. The third-order valence-electron chi connectivity index (χ3n) is 4.34. The first-order valence-electron chi connectivity index (χ1n) is 9.65. The lowest BCUT2D eigenvalue weighted by atomic mass is 10.0. The maximum Gasteiger partial charge on any atom is 0.303 e. The van der Waals surface area contributed by atoms with E-state index in [1.165, 1.54) is 25.5 Å². The zero-order chi connectivity index (χ0) is 23.3. The number of esters is 3. The molecule has 1 saturated heterocycles. The van der Waals surface area contributed by atoms with Crippen LogP contribution < -0.4 is 4.74 Å². The summed E-state index contributed by atoms with van der Waals surface area (Å²) in [4.78, 5) is 34.9. The van der Waals surface area contributed by atoms with Crippen LogP contribution in [0.2, 0.25) is 5.02 Å². The highest BCUT2D eigenvalue weighted by Crippen LogP contribution is 2.30. The topological polar surface area (TPSA) is 128 Å². The van der Waals surface area contributed by atoms with Gasteiger partial charge in [0.15, 0.2) is 24.5 Å². The van der Waals surface area contributed by atoms with E-state index in [-0.39, 0.29) is 13.2 Å². The lowest BCUT2D eigenvalue weighted by molar-refractivity contribution is -0.241. The monoisotopic (exact) mass is 467 g/mol. The summed E-state index contributed by atoms with van der Waals surface area (Å²) >= 11 is 5.86. The average molecular weight is 468 g/mol.